The minimum atomic E-state index is -0.963. The molecule has 5 rings (SSSR count). The fourth-order valence-corrected chi connectivity index (χ4v) is 3.72. The maximum absolute atomic E-state index is 11.2. The molecule has 0 spiro atoms. The van der Waals surface area contributed by atoms with E-state index in [0.717, 1.165) is 33.3 Å². The van der Waals surface area contributed by atoms with Crippen molar-refractivity contribution in [1.82, 2.24) is 9.97 Å². The van der Waals surface area contributed by atoms with Crippen LogP contribution < -0.4 is 0 Å². The summed E-state index contributed by atoms with van der Waals surface area (Å²) >= 11 is 0. The topological polar surface area (TPSA) is 89.8 Å². The van der Waals surface area contributed by atoms with Gasteiger partial charge in [-0.25, -0.2) is 9.78 Å². The second-order valence-corrected chi connectivity index (χ2v) is 6.41. The summed E-state index contributed by atoms with van der Waals surface area (Å²) in [4.78, 5) is 19.1. The predicted molar refractivity (Wildman–Crippen MR) is 100 cm³/mol. The molecule has 126 valence electrons. The molecule has 1 aromatic heterocycles. The second kappa shape index (κ2) is 5.28. The minimum absolute atomic E-state index is 0.225. The zero-order chi connectivity index (χ0) is 17.8. The Kier molecular flexibility index (Phi) is 3.02. The molecular weight excluding hydrogens is 326 g/mol. The lowest BCUT2D eigenvalue weighted by Gasteiger charge is -2.16. The first kappa shape index (κ1) is 14.9. The van der Waals surface area contributed by atoms with Gasteiger partial charge in [-0.3, -0.25) is 0 Å². The summed E-state index contributed by atoms with van der Waals surface area (Å²) < 4.78 is 0. The van der Waals surface area contributed by atoms with Gasteiger partial charge in [-0.05, 0) is 29.3 Å². The van der Waals surface area contributed by atoms with E-state index in [0.29, 0.717) is 11.3 Å². The zero-order valence-electron chi connectivity index (χ0n) is 13.7. The number of carboxylic acids is 1. The third kappa shape index (κ3) is 2.01. The molecule has 0 bridgehead atoms. The first-order chi connectivity index (χ1) is 12.6. The molecule has 26 heavy (non-hydrogen) atoms. The zero-order valence-corrected chi connectivity index (χ0v) is 13.7. The Labute approximate surface area is 149 Å². The molecule has 0 aliphatic heterocycles. The number of imidazole rings is 1. The van der Waals surface area contributed by atoms with Crippen molar-refractivity contribution in [3.63, 3.8) is 0 Å². The highest BCUT2D eigenvalue weighted by Gasteiger charge is 2.25. The van der Waals surface area contributed by atoms with Crippen molar-refractivity contribution >= 4 is 17.0 Å². The Balaban J connectivity index is 1.74. The van der Waals surface area contributed by atoms with Gasteiger partial charge in [-0.1, -0.05) is 59.6 Å². The van der Waals surface area contributed by atoms with E-state index in [9.17, 15) is 9.90 Å². The predicted octanol–water partition coefficient (Wildman–Crippen LogP) is 5.05. The van der Waals surface area contributed by atoms with Crippen molar-refractivity contribution in [3.8, 4) is 22.5 Å². The quantitative estimate of drug-likeness (QED) is 0.535. The highest BCUT2D eigenvalue weighted by atomic mass is 16.4. The van der Waals surface area contributed by atoms with Gasteiger partial charge in [0.25, 0.3) is 0 Å². The van der Waals surface area contributed by atoms with Gasteiger partial charge in [0.15, 0.2) is 0 Å². The van der Waals surface area contributed by atoms with Crippen LogP contribution in [-0.4, -0.2) is 21.0 Å². The summed E-state index contributed by atoms with van der Waals surface area (Å²) in [6, 6.07) is 18.4. The van der Waals surface area contributed by atoms with Crippen molar-refractivity contribution in [2.75, 3.05) is 0 Å². The first-order valence-electron chi connectivity index (χ1n) is 8.30. The lowest BCUT2D eigenvalue weighted by atomic mass is 9.99. The number of rotatable bonds is 2. The number of nitrogens with zero attached hydrogens (tertiary/aromatic N) is 1. The van der Waals surface area contributed by atoms with E-state index in [1.54, 1.807) is 18.2 Å². The number of benzene rings is 3. The van der Waals surface area contributed by atoms with E-state index in [4.69, 9.17) is 5.73 Å². The number of fused-ring (bicyclic) bond motifs is 4. The fraction of sp³-hybridized carbons (Fsp3) is 0.0476. The Hall–Kier alpha value is -3.44. The monoisotopic (exact) mass is 340 g/mol. The van der Waals surface area contributed by atoms with E-state index in [1.807, 2.05) is 42.5 Å². The lowest BCUT2D eigenvalue weighted by molar-refractivity contribution is 0.0697. The smallest absolute Gasteiger partial charge is 0.335 e. The number of aromatic nitrogens is 2. The summed E-state index contributed by atoms with van der Waals surface area (Å²) in [5, 5.41) is 9.18. The molecule has 5 nitrogen and oxygen atoms in total. The highest BCUT2D eigenvalue weighted by Crippen LogP contribution is 2.48. The Morgan fingerprint density at radius 2 is 1.77 bits per heavy atom. The number of aromatic amines is 1. The van der Waals surface area contributed by atoms with Crippen LogP contribution in [0.3, 0.4) is 0 Å². The molecule has 0 saturated carbocycles. The van der Waals surface area contributed by atoms with E-state index >= 15 is 0 Å². The molecule has 4 aromatic rings. The molecule has 1 atom stereocenters. The summed E-state index contributed by atoms with van der Waals surface area (Å²) in [6.45, 7) is 0. The average Bonchev–Trinajstić information content (AvgIpc) is 3.21. The number of H-pyrrole nitrogens is 1. The van der Waals surface area contributed by atoms with Gasteiger partial charge in [0.05, 0.1) is 16.6 Å². The van der Waals surface area contributed by atoms with Gasteiger partial charge in [0, 0.05) is 5.56 Å². The lowest BCUT2D eigenvalue weighted by Crippen LogP contribution is -1.94. The minimum Gasteiger partial charge on any atom is -0.667 e. The molecule has 0 fully saturated rings. The first-order valence-corrected chi connectivity index (χ1v) is 8.30. The van der Waals surface area contributed by atoms with Crippen LogP contribution in [0.1, 0.15) is 27.5 Å². The Bertz CT molecular complexity index is 1190. The number of carbonyl (C=O) groups is 1. The second-order valence-electron chi connectivity index (χ2n) is 6.41. The molecule has 5 heteroatoms. The third-order valence-electron chi connectivity index (χ3n) is 4.93. The summed E-state index contributed by atoms with van der Waals surface area (Å²) in [6.07, 6.45) is 0. The van der Waals surface area contributed by atoms with Gasteiger partial charge in [0.1, 0.15) is 5.82 Å². The fourth-order valence-electron chi connectivity index (χ4n) is 3.72. The van der Waals surface area contributed by atoms with Crippen molar-refractivity contribution in [1.29, 1.82) is 0 Å². The molecule has 1 unspecified atom stereocenters. The number of hydrogen-bond donors (Lipinski definition) is 2. The number of aromatic carboxylic acids is 1. The van der Waals surface area contributed by atoms with Gasteiger partial charge < -0.3 is 15.8 Å². The van der Waals surface area contributed by atoms with Crippen LogP contribution in [0, 0.1) is 0 Å². The molecule has 1 aliphatic rings. The van der Waals surface area contributed by atoms with Crippen LogP contribution in [0.25, 0.3) is 39.3 Å². The van der Waals surface area contributed by atoms with Crippen LogP contribution in [-0.2, 0) is 0 Å². The summed E-state index contributed by atoms with van der Waals surface area (Å²) in [5.41, 5.74) is 15.2. The molecule has 0 saturated heterocycles. The van der Waals surface area contributed by atoms with E-state index in [1.165, 1.54) is 0 Å². The molecule has 0 radical (unpaired) electrons. The standard InChI is InChI=1S/C21H14N3O2/c22-19-13-5-2-1-4-12(13)18-14(19)6-3-7-15(18)20-23-16-9-8-11(21(25)26)10-17(16)24-20/h1-10,19,22H,(H,23,24)(H,25,26)/q-1. The Morgan fingerprint density at radius 1 is 1.00 bits per heavy atom. The molecule has 3 N–H and O–H groups in total. The number of nitrogens with one attached hydrogen (secondary N) is 2. The normalized spacial score (nSPS) is 15.0. The Morgan fingerprint density at radius 3 is 2.62 bits per heavy atom. The van der Waals surface area contributed by atoms with Gasteiger partial charge in [0.2, 0.25) is 0 Å². The highest BCUT2D eigenvalue weighted by molar-refractivity contribution is 5.95. The van der Waals surface area contributed by atoms with Crippen molar-refractivity contribution < 1.29 is 9.90 Å². The number of hydrogen-bond acceptors (Lipinski definition) is 2. The van der Waals surface area contributed by atoms with E-state index in [2.05, 4.69) is 9.97 Å². The van der Waals surface area contributed by atoms with Crippen LogP contribution in [0.4, 0.5) is 0 Å². The maximum atomic E-state index is 11.2. The van der Waals surface area contributed by atoms with Crippen molar-refractivity contribution in [3.05, 3.63) is 83.1 Å². The molecular formula is C21H14N3O2-. The van der Waals surface area contributed by atoms with E-state index in [-0.39, 0.29) is 5.56 Å². The third-order valence-corrected chi connectivity index (χ3v) is 4.93. The molecule has 3 aromatic carbocycles. The van der Waals surface area contributed by atoms with Crippen molar-refractivity contribution in [2.24, 2.45) is 0 Å². The van der Waals surface area contributed by atoms with Gasteiger partial charge in [-0.2, -0.15) is 0 Å². The van der Waals surface area contributed by atoms with Crippen LogP contribution in [0.5, 0.6) is 0 Å². The summed E-state index contributed by atoms with van der Waals surface area (Å²) in [7, 11) is 0. The maximum Gasteiger partial charge on any atom is 0.335 e. The van der Waals surface area contributed by atoms with Crippen LogP contribution in [0.15, 0.2) is 60.7 Å². The number of carboxylic acid groups (broad SMARTS) is 1. The van der Waals surface area contributed by atoms with Crippen LogP contribution in [0.2, 0.25) is 0 Å². The molecule has 1 aliphatic carbocycles. The van der Waals surface area contributed by atoms with Crippen LogP contribution >= 0.6 is 0 Å². The van der Waals surface area contributed by atoms with E-state index < -0.39 is 12.0 Å². The molecule has 0 amide bonds. The largest absolute Gasteiger partial charge is 0.667 e. The average molecular weight is 340 g/mol. The molecule has 1 heterocycles. The SMILES string of the molecule is [NH-]C1c2ccccc2-c2c(-c3nc4ccc(C(=O)O)cc4[nH]3)cccc21. The van der Waals surface area contributed by atoms with Crippen molar-refractivity contribution in [2.45, 2.75) is 6.04 Å². The summed E-state index contributed by atoms with van der Waals surface area (Å²) in [5.74, 6) is -0.280. The van der Waals surface area contributed by atoms with Gasteiger partial charge >= 0.3 is 5.97 Å². The van der Waals surface area contributed by atoms with Gasteiger partial charge in [-0.15, -0.1) is 0 Å².